The molecule has 1 saturated carbocycles. The number of ketones is 1. The van der Waals surface area contributed by atoms with E-state index in [0.717, 1.165) is 37.8 Å². The van der Waals surface area contributed by atoms with Crippen LogP contribution in [0.25, 0.3) is 0 Å². The Labute approximate surface area is 125 Å². The van der Waals surface area contributed by atoms with Gasteiger partial charge in [0.25, 0.3) is 0 Å². The van der Waals surface area contributed by atoms with Gasteiger partial charge in [-0.1, -0.05) is 11.6 Å². The van der Waals surface area contributed by atoms with E-state index in [0.29, 0.717) is 10.6 Å². The number of benzene rings is 1. The number of halogens is 1. The predicted molar refractivity (Wildman–Crippen MR) is 82.8 cm³/mol. The molecule has 108 valence electrons. The van der Waals surface area contributed by atoms with E-state index in [9.17, 15) is 4.79 Å². The third kappa shape index (κ3) is 3.15. The van der Waals surface area contributed by atoms with Crippen LogP contribution < -0.4 is 4.90 Å². The average Bonchev–Trinajstić information content (AvgIpc) is 3.23. The van der Waals surface area contributed by atoms with E-state index < -0.39 is 0 Å². The molecule has 4 heteroatoms. The summed E-state index contributed by atoms with van der Waals surface area (Å²) in [6.07, 6.45) is 2.84. The Bertz CT molecular complexity index is 505. The Morgan fingerprint density at radius 2 is 1.95 bits per heavy atom. The maximum Gasteiger partial charge on any atom is 0.161 e. The highest BCUT2D eigenvalue weighted by molar-refractivity contribution is 6.34. The number of carbonyl (C=O) groups is 1. The fourth-order valence-electron chi connectivity index (χ4n) is 2.84. The molecule has 0 bridgehead atoms. The number of piperazine rings is 1. The molecule has 1 heterocycles. The summed E-state index contributed by atoms with van der Waals surface area (Å²) < 4.78 is 0. The van der Waals surface area contributed by atoms with Crippen molar-refractivity contribution in [2.45, 2.75) is 19.8 Å². The van der Waals surface area contributed by atoms with Crippen LogP contribution in [0.2, 0.25) is 5.02 Å². The van der Waals surface area contributed by atoms with Gasteiger partial charge in [0.05, 0.1) is 5.02 Å². The first kappa shape index (κ1) is 13.9. The lowest BCUT2D eigenvalue weighted by Gasteiger charge is -2.36. The standard InChI is InChI=1S/C16H21ClN2O/c1-12(20)15-5-4-14(10-16(15)17)19-8-6-18(7-9-19)11-13-2-3-13/h4-5,10,13H,2-3,6-9,11H2,1H3. The van der Waals surface area contributed by atoms with Crippen molar-refractivity contribution >= 4 is 23.1 Å². The largest absolute Gasteiger partial charge is 0.369 e. The van der Waals surface area contributed by atoms with Crippen molar-refractivity contribution in [1.29, 1.82) is 0 Å². The van der Waals surface area contributed by atoms with Crippen LogP contribution in [-0.2, 0) is 0 Å². The lowest BCUT2D eigenvalue weighted by atomic mass is 10.1. The van der Waals surface area contributed by atoms with Gasteiger partial charge in [0, 0.05) is 44.0 Å². The van der Waals surface area contributed by atoms with Crippen LogP contribution in [0.1, 0.15) is 30.1 Å². The molecule has 1 aliphatic carbocycles. The van der Waals surface area contributed by atoms with Crippen LogP contribution in [0.15, 0.2) is 18.2 Å². The van der Waals surface area contributed by atoms with Crippen LogP contribution in [0.4, 0.5) is 5.69 Å². The smallest absolute Gasteiger partial charge is 0.161 e. The highest BCUT2D eigenvalue weighted by Gasteiger charge is 2.26. The Morgan fingerprint density at radius 1 is 1.25 bits per heavy atom. The Morgan fingerprint density at radius 3 is 2.50 bits per heavy atom. The molecule has 0 atom stereocenters. The predicted octanol–water partition coefficient (Wildman–Crippen LogP) is 3.07. The summed E-state index contributed by atoms with van der Waals surface area (Å²) in [5.41, 5.74) is 1.74. The third-order valence-corrected chi connectivity index (χ3v) is 4.60. The van der Waals surface area contributed by atoms with Gasteiger partial charge in [-0.25, -0.2) is 0 Å². The number of hydrogen-bond donors (Lipinski definition) is 0. The van der Waals surface area contributed by atoms with E-state index >= 15 is 0 Å². The van der Waals surface area contributed by atoms with Crippen LogP contribution >= 0.6 is 11.6 Å². The highest BCUT2D eigenvalue weighted by atomic mass is 35.5. The van der Waals surface area contributed by atoms with Gasteiger partial charge in [0.15, 0.2) is 5.78 Å². The van der Waals surface area contributed by atoms with Crippen molar-refractivity contribution in [2.24, 2.45) is 5.92 Å². The second-order valence-electron chi connectivity index (χ2n) is 5.95. The summed E-state index contributed by atoms with van der Waals surface area (Å²) in [6.45, 7) is 7.17. The van der Waals surface area contributed by atoms with Crippen LogP contribution in [0.3, 0.4) is 0 Å². The van der Waals surface area contributed by atoms with E-state index in [1.54, 1.807) is 6.92 Å². The van der Waals surface area contributed by atoms with Crippen molar-refractivity contribution in [3.8, 4) is 0 Å². The first-order chi connectivity index (χ1) is 9.63. The molecule has 20 heavy (non-hydrogen) atoms. The third-order valence-electron chi connectivity index (χ3n) is 4.28. The molecule has 3 rings (SSSR count). The fourth-order valence-corrected chi connectivity index (χ4v) is 3.15. The molecule has 1 saturated heterocycles. The zero-order valence-corrected chi connectivity index (χ0v) is 12.7. The van der Waals surface area contributed by atoms with E-state index in [-0.39, 0.29) is 5.78 Å². The van der Waals surface area contributed by atoms with Gasteiger partial charge in [-0.15, -0.1) is 0 Å². The number of Topliss-reactive ketones (excluding diaryl/α,β-unsaturated/α-hetero) is 1. The van der Waals surface area contributed by atoms with E-state index in [1.165, 1.54) is 19.4 Å². The zero-order valence-electron chi connectivity index (χ0n) is 11.9. The second kappa shape index (κ2) is 5.74. The molecule has 0 unspecified atom stereocenters. The maximum atomic E-state index is 11.4. The average molecular weight is 293 g/mol. The van der Waals surface area contributed by atoms with Gasteiger partial charge in [-0.05, 0) is 43.9 Å². The summed E-state index contributed by atoms with van der Waals surface area (Å²) in [7, 11) is 0. The molecule has 2 fully saturated rings. The lowest BCUT2D eigenvalue weighted by Crippen LogP contribution is -2.47. The molecule has 0 radical (unpaired) electrons. The molecule has 2 aliphatic rings. The molecule has 1 aromatic carbocycles. The monoisotopic (exact) mass is 292 g/mol. The van der Waals surface area contributed by atoms with Crippen molar-refractivity contribution in [3.05, 3.63) is 28.8 Å². The number of hydrogen-bond acceptors (Lipinski definition) is 3. The molecular weight excluding hydrogens is 272 g/mol. The van der Waals surface area contributed by atoms with Gasteiger partial charge in [0.2, 0.25) is 0 Å². The van der Waals surface area contributed by atoms with Gasteiger partial charge in [-0.2, -0.15) is 0 Å². The lowest BCUT2D eigenvalue weighted by molar-refractivity contribution is 0.101. The van der Waals surface area contributed by atoms with Crippen LogP contribution in [0, 0.1) is 5.92 Å². The normalized spacial score (nSPS) is 20.2. The first-order valence-electron chi connectivity index (χ1n) is 7.41. The Balaban J connectivity index is 1.62. The molecule has 1 aliphatic heterocycles. The van der Waals surface area contributed by atoms with E-state index in [4.69, 9.17) is 11.6 Å². The molecule has 3 nitrogen and oxygen atoms in total. The highest BCUT2D eigenvalue weighted by Crippen LogP contribution is 2.30. The molecule has 0 spiro atoms. The van der Waals surface area contributed by atoms with Gasteiger partial charge in [-0.3, -0.25) is 9.69 Å². The molecule has 1 aromatic rings. The molecule has 0 amide bonds. The Kier molecular flexibility index (Phi) is 3.99. The SMILES string of the molecule is CC(=O)c1ccc(N2CCN(CC3CC3)CC2)cc1Cl. The quantitative estimate of drug-likeness (QED) is 0.797. The Hall–Kier alpha value is -1.06. The molecule has 0 N–H and O–H groups in total. The molecular formula is C16H21ClN2O. The summed E-state index contributed by atoms with van der Waals surface area (Å²) in [5, 5.41) is 0.565. The second-order valence-corrected chi connectivity index (χ2v) is 6.36. The fraction of sp³-hybridized carbons (Fsp3) is 0.562. The van der Waals surface area contributed by atoms with Gasteiger partial charge < -0.3 is 4.90 Å². The minimum Gasteiger partial charge on any atom is -0.369 e. The van der Waals surface area contributed by atoms with Crippen molar-refractivity contribution in [1.82, 2.24) is 4.90 Å². The minimum atomic E-state index is 0.0239. The number of carbonyl (C=O) groups excluding carboxylic acids is 1. The van der Waals surface area contributed by atoms with Crippen molar-refractivity contribution < 1.29 is 4.79 Å². The van der Waals surface area contributed by atoms with Crippen molar-refractivity contribution in [2.75, 3.05) is 37.6 Å². The number of nitrogens with zero attached hydrogens (tertiary/aromatic N) is 2. The molecule has 0 aromatic heterocycles. The first-order valence-corrected chi connectivity index (χ1v) is 7.79. The summed E-state index contributed by atoms with van der Waals surface area (Å²) in [4.78, 5) is 16.3. The minimum absolute atomic E-state index is 0.0239. The number of anilines is 1. The van der Waals surface area contributed by atoms with Crippen LogP contribution in [-0.4, -0.2) is 43.4 Å². The van der Waals surface area contributed by atoms with E-state index in [2.05, 4.69) is 9.80 Å². The van der Waals surface area contributed by atoms with Gasteiger partial charge >= 0.3 is 0 Å². The zero-order chi connectivity index (χ0) is 14.1. The van der Waals surface area contributed by atoms with Gasteiger partial charge in [0.1, 0.15) is 0 Å². The van der Waals surface area contributed by atoms with E-state index in [1.807, 2.05) is 18.2 Å². The topological polar surface area (TPSA) is 23.6 Å². The maximum absolute atomic E-state index is 11.4. The summed E-state index contributed by atoms with van der Waals surface area (Å²) in [6, 6.07) is 5.78. The van der Waals surface area contributed by atoms with Crippen molar-refractivity contribution in [3.63, 3.8) is 0 Å². The van der Waals surface area contributed by atoms with Crippen LogP contribution in [0.5, 0.6) is 0 Å². The summed E-state index contributed by atoms with van der Waals surface area (Å²) >= 11 is 6.19. The summed E-state index contributed by atoms with van der Waals surface area (Å²) in [5.74, 6) is 0.988. The number of rotatable bonds is 4.